The summed E-state index contributed by atoms with van der Waals surface area (Å²) in [5.74, 6) is 0.706. The predicted octanol–water partition coefficient (Wildman–Crippen LogP) is 0.151. The number of Topliss-reactive ketones (excluding diaryl/α,β-unsaturated/α-hetero) is 1. The maximum atomic E-state index is 10.2. The number of hydrogen-bond donors (Lipinski definition) is 0. The van der Waals surface area contributed by atoms with Gasteiger partial charge in [0.05, 0.1) is 5.57 Å². The molecule has 0 aromatic rings. The molecule has 0 saturated heterocycles. The van der Waals surface area contributed by atoms with Crippen molar-refractivity contribution in [3.05, 3.63) is 11.5 Å². The lowest BCUT2D eigenvalue weighted by molar-refractivity contribution is -0.113. The third-order valence-corrected chi connectivity index (χ3v) is 0.666. The van der Waals surface area contributed by atoms with Crippen molar-refractivity contribution in [1.82, 2.24) is 0 Å². The highest BCUT2D eigenvalue weighted by molar-refractivity contribution is 6.21. The van der Waals surface area contributed by atoms with Crippen LogP contribution in [0.15, 0.2) is 11.5 Å². The first-order chi connectivity index (χ1) is 3.72. The van der Waals surface area contributed by atoms with E-state index in [1.54, 1.807) is 6.07 Å². The Balaban J connectivity index is 4.20. The molecule has 2 radical (unpaired) electrons. The van der Waals surface area contributed by atoms with Gasteiger partial charge in [0.2, 0.25) is 0 Å². The Kier molecular flexibility index (Phi) is 2.64. The second-order valence-electron chi connectivity index (χ2n) is 1.25. The topological polar surface area (TPSA) is 40.9 Å². The number of rotatable bonds is 1. The van der Waals surface area contributed by atoms with Gasteiger partial charge in [0.15, 0.2) is 5.78 Å². The van der Waals surface area contributed by atoms with E-state index in [2.05, 4.69) is 0 Å². The van der Waals surface area contributed by atoms with Gasteiger partial charge in [-0.05, 0) is 6.92 Å². The Morgan fingerprint density at radius 1 is 1.88 bits per heavy atom. The number of hydrogen-bond acceptors (Lipinski definition) is 2. The summed E-state index contributed by atoms with van der Waals surface area (Å²) >= 11 is 0. The van der Waals surface area contributed by atoms with E-state index in [1.807, 2.05) is 0 Å². The number of nitrogens with zero attached hydrogens (tertiary/aromatic N) is 1. The molecular weight excluding hydrogens is 101 g/mol. The van der Waals surface area contributed by atoms with E-state index >= 15 is 0 Å². The van der Waals surface area contributed by atoms with Gasteiger partial charge in [-0.1, -0.05) is 0 Å². The summed E-state index contributed by atoms with van der Waals surface area (Å²) in [6.45, 7) is 1.29. The van der Waals surface area contributed by atoms with Gasteiger partial charge in [0.1, 0.15) is 13.9 Å². The Hall–Kier alpha value is -1.04. The van der Waals surface area contributed by atoms with Crippen molar-refractivity contribution in [3.8, 4) is 6.07 Å². The van der Waals surface area contributed by atoms with Crippen LogP contribution in [-0.4, -0.2) is 13.6 Å². The van der Waals surface area contributed by atoms with Crippen molar-refractivity contribution in [2.75, 3.05) is 0 Å². The molecule has 0 aromatic heterocycles. The van der Waals surface area contributed by atoms with Crippen molar-refractivity contribution < 1.29 is 4.79 Å². The van der Waals surface area contributed by atoms with Crippen molar-refractivity contribution in [2.24, 2.45) is 0 Å². The number of ketones is 1. The van der Waals surface area contributed by atoms with Crippen LogP contribution in [0.1, 0.15) is 6.92 Å². The molecular formula is C5H4BNO. The van der Waals surface area contributed by atoms with Crippen LogP contribution < -0.4 is 0 Å². The molecule has 2 nitrogen and oxygen atoms in total. The highest BCUT2D eigenvalue weighted by atomic mass is 16.1. The Bertz CT molecular complexity index is 166. The van der Waals surface area contributed by atoms with Gasteiger partial charge in [-0.3, -0.25) is 4.79 Å². The average Bonchev–Trinajstić information content (AvgIpc) is 1.69. The van der Waals surface area contributed by atoms with Crippen LogP contribution in [0.3, 0.4) is 0 Å². The summed E-state index contributed by atoms with van der Waals surface area (Å²) in [6, 6.07) is 1.64. The molecule has 0 unspecified atom stereocenters. The van der Waals surface area contributed by atoms with Crippen LogP contribution in [0.25, 0.3) is 0 Å². The molecule has 0 aliphatic rings. The molecule has 0 aliphatic carbocycles. The molecule has 8 heavy (non-hydrogen) atoms. The third-order valence-electron chi connectivity index (χ3n) is 0.666. The summed E-state index contributed by atoms with van der Waals surface area (Å²) in [5, 5.41) is 8.08. The van der Waals surface area contributed by atoms with Crippen LogP contribution >= 0.6 is 0 Å². The average molecular weight is 105 g/mol. The number of allylic oxidation sites excluding steroid dienone is 1. The largest absolute Gasteiger partial charge is 0.294 e. The third kappa shape index (κ3) is 1.61. The monoisotopic (exact) mass is 105 g/mol. The normalized spacial score (nSPS) is 10.2. The fraction of sp³-hybridized carbons (Fsp3) is 0.200. The lowest BCUT2D eigenvalue weighted by Crippen LogP contribution is -1.92. The van der Waals surface area contributed by atoms with E-state index in [-0.39, 0.29) is 11.4 Å². The van der Waals surface area contributed by atoms with Crippen LogP contribution in [0.4, 0.5) is 0 Å². The summed E-state index contributed by atoms with van der Waals surface area (Å²) in [7, 11) is 4.88. The van der Waals surface area contributed by atoms with Crippen molar-refractivity contribution in [3.63, 3.8) is 0 Å². The molecule has 0 amide bonds. The van der Waals surface area contributed by atoms with E-state index in [0.717, 1.165) is 5.98 Å². The van der Waals surface area contributed by atoms with Crippen LogP contribution in [0, 0.1) is 11.3 Å². The fourth-order valence-electron chi connectivity index (χ4n) is 0.233. The molecule has 0 atom stereocenters. The molecule has 38 valence electrons. The molecule has 0 bridgehead atoms. The minimum atomic E-state index is -0.296. The zero-order valence-corrected chi connectivity index (χ0v) is 4.51. The Morgan fingerprint density at radius 2 is 2.38 bits per heavy atom. The minimum Gasteiger partial charge on any atom is -0.294 e. The number of carbonyl (C=O) groups excluding carboxylic acids is 1. The highest BCUT2D eigenvalue weighted by Crippen LogP contribution is 1.88. The quantitative estimate of drug-likeness (QED) is 0.270. The van der Waals surface area contributed by atoms with Crippen LogP contribution in [-0.2, 0) is 4.79 Å². The summed E-state index contributed by atoms with van der Waals surface area (Å²) in [4.78, 5) is 10.2. The van der Waals surface area contributed by atoms with E-state index < -0.39 is 0 Å². The fourth-order valence-corrected chi connectivity index (χ4v) is 0.233. The first-order valence-corrected chi connectivity index (χ1v) is 2.05. The molecule has 0 aliphatic heterocycles. The first kappa shape index (κ1) is 6.96. The first-order valence-electron chi connectivity index (χ1n) is 2.05. The van der Waals surface area contributed by atoms with Crippen LogP contribution in [0.5, 0.6) is 0 Å². The van der Waals surface area contributed by atoms with Gasteiger partial charge in [-0.15, -0.1) is 5.98 Å². The van der Waals surface area contributed by atoms with E-state index in [9.17, 15) is 4.79 Å². The molecule has 0 rings (SSSR count). The number of carbonyl (C=O) groups is 1. The highest BCUT2D eigenvalue weighted by Gasteiger charge is 1.96. The molecule has 0 aromatic carbocycles. The molecule has 3 heteroatoms. The summed E-state index contributed by atoms with van der Waals surface area (Å²) < 4.78 is 0. The zero-order chi connectivity index (χ0) is 6.57. The molecule has 0 fully saturated rings. The smallest absolute Gasteiger partial charge is 0.169 e. The van der Waals surface area contributed by atoms with Crippen molar-refractivity contribution in [1.29, 1.82) is 5.26 Å². The van der Waals surface area contributed by atoms with Crippen molar-refractivity contribution >= 4 is 13.6 Å². The van der Waals surface area contributed by atoms with Crippen molar-refractivity contribution in [2.45, 2.75) is 6.92 Å². The van der Waals surface area contributed by atoms with E-state index in [4.69, 9.17) is 13.1 Å². The lowest BCUT2D eigenvalue weighted by Gasteiger charge is -1.82. The van der Waals surface area contributed by atoms with Gasteiger partial charge in [-0.2, -0.15) is 5.26 Å². The molecule has 0 heterocycles. The standard InChI is InChI=1S/C5H4BNO/c1-4(8)5(2-6)3-7/h2H,1H3/b5-2+. The zero-order valence-electron chi connectivity index (χ0n) is 4.51. The van der Waals surface area contributed by atoms with Gasteiger partial charge >= 0.3 is 0 Å². The molecule has 0 spiro atoms. The lowest BCUT2D eigenvalue weighted by atomic mass is 10.0. The van der Waals surface area contributed by atoms with Gasteiger partial charge < -0.3 is 0 Å². The Morgan fingerprint density at radius 3 is 2.38 bits per heavy atom. The maximum absolute atomic E-state index is 10.2. The second kappa shape index (κ2) is 3.03. The minimum absolute atomic E-state index is 0.00463. The van der Waals surface area contributed by atoms with Gasteiger partial charge in [0, 0.05) is 0 Å². The van der Waals surface area contributed by atoms with E-state index in [0.29, 0.717) is 0 Å². The van der Waals surface area contributed by atoms with Gasteiger partial charge in [0.25, 0.3) is 0 Å². The summed E-state index contributed by atoms with van der Waals surface area (Å²) in [6.07, 6.45) is 0. The summed E-state index contributed by atoms with van der Waals surface area (Å²) in [5.41, 5.74) is 0.00463. The Labute approximate surface area is 49.2 Å². The predicted molar refractivity (Wildman–Crippen MR) is 30.1 cm³/mol. The van der Waals surface area contributed by atoms with Crippen LogP contribution in [0.2, 0.25) is 0 Å². The maximum Gasteiger partial charge on any atom is 0.169 e. The molecule has 0 N–H and O–H groups in total. The van der Waals surface area contributed by atoms with E-state index in [1.165, 1.54) is 6.92 Å². The molecule has 0 saturated carbocycles. The second-order valence-corrected chi connectivity index (χ2v) is 1.25. The van der Waals surface area contributed by atoms with Gasteiger partial charge in [-0.25, -0.2) is 0 Å². The SMILES string of the molecule is [B]/C=C(\C#N)C(C)=O. The number of nitriles is 1.